The van der Waals surface area contributed by atoms with E-state index in [4.69, 9.17) is 4.74 Å². The molecule has 1 amide bonds. The molecule has 1 heterocycles. The molecule has 0 unspecified atom stereocenters. The number of fused-ring (bicyclic) bond motifs is 1. The zero-order chi connectivity index (χ0) is 13.9. The summed E-state index contributed by atoms with van der Waals surface area (Å²) in [5.74, 6) is 2.78. The van der Waals surface area contributed by atoms with Crippen LogP contribution in [-0.4, -0.2) is 44.1 Å². The lowest BCUT2D eigenvalue weighted by atomic mass is 10.2. The first kappa shape index (κ1) is 13.4. The molecule has 1 aliphatic carbocycles. The van der Waals surface area contributed by atoms with E-state index in [-0.39, 0.29) is 5.91 Å². The summed E-state index contributed by atoms with van der Waals surface area (Å²) in [4.78, 5) is 14.0. The number of carbonyl (C=O) groups excluding carboxylic acids is 1. The van der Waals surface area contributed by atoms with E-state index >= 15 is 0 Å². The second kappa shape index (κ2) is 5.83. The van der Waals surface area contributed by atoms with Crippen LogP contribution >= 0.6 is 0 Å². The van der Waals surface area contributed by atoms with Crippen molar-refractivity contribution >= 4 is 5.91 Å². The van der Waals surface area contributed by atoms with Crippen LogP contribution in [0, 0.1) is 11.8 Å². The molecule has 108 valence electrons. The van der Waals surface area contributed by atoms with Gasteiger partial charge in [0.25, 0.3) is 5.91 Å². The van der Waals surface area contributed by atoms with Gasteiger partial charge in [0.15, 0.2) is 0 Å². The first-order valence-electron chi connectivity index (χ1n) is 7.43. The maximum atomic E-state index is 11.4. The van der Waals surface area contributed by atoms with Crippen LogP contribution in [0.3, 0.4) is 0 Å². The first-order valence-corrected chi connectivity index (χ1v) is 7.43. The number of nitrogens with zero attached hydrogens (tertiary/aromatic N) is 1. The van der Waals surface area contributed by atoms with Crippen molar-refractivity contribution in [3.63, 3.8) is 0 Å². The van der Waals surface area contributed by atoms with Crippen LogP contribution in [0.5, 0.6) is 5.75 Å². The number of hydrogen-bond acceptors (Lipinski definition) is 3. The zero-order valence-electron chi connectivity index (χ0n) is 12.0. The fourth-order valence-corrected chi connectivity index (χ4v) is 3.00. The molecule has 1 N–H and O–H groups in total. The van der Waals surface area contributed by atoms with Crippen molar-refractivity contribution in [1.82, 2.24) is 10.2 Å². The molecule has 4 nitrogen and oxygen atoms in total. The number of rotatable bonds is 6. The third-order valence-electron chi connectivity index (χ3n) is 4.29. The van der Waals surface area contributed by atoms with Gasteiger partial charge in [0, 0.05) is 32.2 Å². The predicted octanol–water partition coefficient (Wildman–Crippen LogP) is 1.77. The molecular weight excluding hydrogens is 252 g/mol. The van der Waals surface area contributed by atoms with E-state index in [0.717, 1.165) is 37.2 Å². The Morgan fingerprint density at radius 2 is 2.00 bits per heavy atom. The van der Waals surface area contributed by atoms with E-state index in [2.05, 4.69) is 10.2 Å². The third kappa shape index (κ3) is 3.12. The number of likely N-dealkylation sites (tertiary alicyclic amines) is 1. The normalized spacial score (nSPS) is 24.2. The highest BCUT2D eigenvalue weighted by Crippen LogP contribution is 2.44. The van der Waals surface area contributed by atoms with Gasteiger partial charge in [-0.1, -0.05) is 0 Å². The standard InChI is InChI=1S/C16H22N2O2/c1-17-16(19)12-3-5-15(6-4-12)20-8-2-7-18-10-13-9-14(13)11-18/h3-6,13-14H,2,7-11H2,1H3,(H,17,19)/t13-,14+. The van der Waals surface area contributed by atoms with Gasteiger partial charge < -0.3 is 15.0 Å². The highest BCUT2D eigenvalue weighted by molar-refractivity contribution is 5.94. The Balaban J connectivity index is 1.36. The van der Waals surface area contributed by atoms with Crippen molar-refractivity contribution < 1.29 is 9.53 Å². The molecular formula is C16H22N2O2. The van der Waals surface area contributed by atoms with Gasteiger partial charge in [-0.15, -0.1) is 0 Å². The second-order valence-electron chi connectivity index (χ2n) is 5.82. The van der Waals surface area contributed by atoms with Gasteiger partial charge in [0.2, 0.25) is 0 Å². The van der Waals surface area contributed by atoms with E-state index in [9.17, 15) is 4.79 Å². The van der Waals surface area contributed by atoms with Crippen LogP contribution in [0.15, 0.2) is 24.3 Å². The van der Waals surface area contributed by atoms with Crippen LogP contribution in [-0.2, 0) is 0 Å². The van der Waals surface area contributed by atoms with E-state index < -0.39 is 0 Å². The number of ether oxygens (including phenoxy) is 1. The molecule has 1 aliphatic heterocycles. The summed E-state index contributed by atoms with van der Waals surface area (Å²) in [6, 6.07) is 7.30. The molecule has 0 bridgehead atoms. The summed E-state index contributed by atoms with van der Waals surface area (Å²) < 4.78 is 5.71. The van der Waals surface area contributed by atoms with Crippen molar-refractivity contribution in [3.05, 3.63) is 29.8 Å². The minimum Gasteiger partial charge on any atom is -0.494 e. The average Bonchev–Trinajstić information content (AvgIpc) is 3.10. The van der Waals surface area contributed by atoms with Crippen LogP contribution in [0.4, 0.5) is 0 Å². The Morgan fingerprint density at radius 1 is 1.30 bits per heavy atom. The molecule has 1 aromatic carbocycles. The summed E-state index contributed by atoms with van der Waals surface area (Å²) in [7, 11) is 1.63. The maximum absolute atomic E-state index is 11.4. The zero-order valence-corrected chi connectivity index (χ0v) is 12.0. The van der Waals surface area contributed by atoms with Crippen LogP contribution in [0.25, 0.3) is 0 Å². The predicted molar refractivity (Wildman–Crippen MR) is 78.0 cm³/mol. The molecule has 0 spiro atoms. The highest BCUT2D eigenvalue weighted by atomic mass is 16.5. The number of amides is 1. The van der Waals surface area contributed by atoms with E-state index in [1.165, 1.54) is 19.5 Å². The lowest BCUT2D eigenvalue weighted by Crippen LogP contribution is -2.25. The summed E-state index contributed by atoms with van der Waals surface area (Å²) in [5, 5.41) is 2.61. The molecule has 2 atom stereocenters. The van der Waals surface area contributed by atoms with Crippen molar-refractivity contribution in [2.45, 2.75) is 12.8 Å². The molecule has 1 aromatic rings. The quantitative estimate of drug-likeness (QED) is 0.804. The SMILES string of the molecule is CNC(=O)c1ccc(OCCCN2C[C@H]3C[C@H]3C2)cc1. The lowest BCUT2D eigenvalue weighted by Gasteiger charge is -2.17. The van der Waals surface area contributed by atoms with Crippen molar-refractivity contribution in [1.29, 1.82) is 0 Å². The molecule has 2 fully saturated rings. The Labute approximate surface area is 120 Å². The fraction of sp³-hybridized carbons (Fsp3) is 0.562. The number of benzene rings is 1. The van der Waals surface area contributed by atoms with Gasteiger partial charge in [0.05, 0.1) is 6.61 Å². The monoisotopic (exact) mass is 274 g/mol. The molecule has 3 rings (SSSR count). The number of nitrogens with one attached hydrogen (secondary N) is 1. The maximum Gasteiger partial charge on any atom is 0.251 e. The van der Waals surface area contributed by atoms with Crippen molar-refractivity contribution in [2.24, 2.45) is 11.8 Å². The molecule has 2 aliphatic rings. The van der Waals surface area contributed by atoms with Gasteiger partial charge in [-0.25, -0.2) is 0 Å². The molecule has 4 heteroatoms. The van der Waals surface area contributed by atoms with E-state index in [0.29, 0.717) is 5.56 Å². The Bertz CT molecular complexity index is 462. The van der Waals surface area contributed by atoms with Crippen LogP contribution < -0.4 is 10.1 Å². The average molecular weight is 274 g/mol. The fourth-order valence-electron chi connectivity index (χ4n) is 3.00. The molecule has 1 saturated carbocycles. The van der Waals surface area contributed by atoms with Gasteiger partial charge in [-0.05, 0) is 48.9 Å². The van der Waals surface area contributed by atoms with Crippen molar-refractivity contribution in [2.75, 3.05) is 33.3 Å². The summed E-state index contributed by atoms with van der Waals surface area (Å²) in [5.41, 5.74) is 0.663. The molecule has 0 aromatic heterocycles. The number of hydrogen-bond donors (Lipinski definition) is 1. The second-order valence-corrected chi connectivity index (χ2v) is 5.82. The first-order chi connectivity index (χ1) is 9.76. The number of piperidine rings is 1. The number of carbonyl (C=O) groups is 1. The Hall–Kier alpha value is -1.55. The largest absolute Gasteiger partial charge is 0.494 e. The molecule has 0 radical (unpaired) electrons. The minimum absolute atomic E-state index is 0.0656. The highest BCUT2D eigenvalue weighted by Gasteiger charge is 2.44. The summed E-state index contributed by atoms with van der Waals surface area (Å²) >= 11 is 0. The third-order valence-corrected chi connectivity index (χ3v) is 4.29. The Kier molecular flexibility index (Phi) is 3.92. The molecule has 1 saturated heterocycles. The molecule has 20 heavy (non-hydrogen) atoms. The summed E-state index contributed by atoms with van der Waals surface area (Å²) in [6.45, 7) is 4.48. The van der Waals surface area contributed by atoms with Crippen molar-refractivity contribution in [3.8, 4) is 5.75 Å². The van der Waals surface area contributed by atoms with Gasteiger partial charge in [-0.3, -0.25) is 4.79 Å². The van der Waals surface area contributed by atoms with E-state index in [1.54, 1.807) is 19.2 Å². The minimum atomic E-state index is -0.0656. The van der Waals surface area contributed by atoms with Crippen LogP contribution in [0.2, 0.25) is 0 Å². The van der Waals surface area contributed by atoms with E-state index in [1.807, 2.05) is 12.1 Å². The topological polar surface area (TPSA) is 41.6 Å². The van der Waals surface area contributed by atoms with Gasteiger partial charge in [0.1, 0.15) is 5.75 Å². The Morgan fingerprint density at radius 3 is 2.65 bits per heavy atom. The smallest absolute Gasteiger partial charge is 0.251 e. The lowest BCUT2D eigenvalue weighted by molar-refractivity contribution is 0.0963. The van der Waals surface area contributed by atoms with Crippen LogP contribution in [0.1, 0.15) is 23.2 Å². The summed E-state index contributed by atoms with van der Waals surface area (Å²) in [6.07, 6.45) is 2.53. The van der Waals surface area contributed by atoms with Gasteiger partial charge >= 0.3 is 0 Å². The van der Waals surface area contributed by atoms with Gasteiger partial charge in [-0.2, -0.15) is 0 Å².